The van der Waals surface area contributed by atoms with Gasteiger partial charge in [-0.1, -0.05) is 30.2 Å². The molecule has 0 radical (unpaired) electrons. The van der Waals surface area contributed by atoms with Crippen LogP contribution in [0.3, 0.4) is 0 Å². The lowest BCUT2D eigenvalue weighted by Crippen LogP contribution is -2.27. The van der Waals surface area contributed by atoms with E-state index >= 15 is 0 Å². The summed E-state index contributed by atoms with van der Waals surface area (Å²) in [5, 5.41) is 12.6. The molecule has 1 saturated carbocycles. The minimum Gasteiger partial charge on any atom is -0.508 e. The summed E-state index contributed by atoms with van der Waals surface area (Å²) in [6.07, 6.45) is 8.33. The molecular formula is C24H25ClN4O4. The summed E-state index contributed by atoms with van der Waals surface area (Å²) in [6, 6.07) is 12.1. The minimum atomic E-state index is -0.504. The van der Waals surface area contributed by atoms with Crippen LogP contribution in [0.5, 0.6) is 17.2 Å². The van der Waals surface area contributed by atoms with Crippen LogP contribution in [0.2, 0.25) is 5.02 Å². The number of carbonyl (C=O) groups is 2. The smallest absolute Gasteiger partial charge is 0.251 e. The van der Waals surface area contributed by atoms with Gasteiger partial charge in [0.1, 0.15) is 23.6 Å². The first-order valence-corrected chi connectivity index (χ1v) is 10.9. The number of aromatic nitrogens is 2. The van der Waals surface area contributed by atoms with Crippen molar-refractivity contribution in [2.24, 2.45) is 11.7 Å². The Bertz CT molecular complexity index is 1070. The van der Waals surface area contributed by atoms with Crippen LogP contribution in [0.4, 0.5) is 0 Å². The Kier molecular flexibility index (Phi) is 8.60. The van der Waals surface area contributed by atoms with Crippen LogP contribution in [0, 0.1) is 5.92 Å². The number of benzene rings is 2. The number of amides is 2. The summed E-state index contributed by atoms with van der Waals surface area (Å²) in [5.74, 6) is 1.42. The van der Waals surface area contributed by atoms with Crippen molar-refractivity contribution in [3.8, 4) is 17.2 Å². The molecule has 172 valence electrons. The van der Waals surface area contributed by atoms with Gasteiger partial charge in [0.15, 0.2) is 0 Å². The lowest BCUT2D eigenvalue weighted by Gasteiger charge is -2.24. The van der Waals surface area contributed by atoms with Crippen molar-refractivity contribution in [2.45, 2.75) is 32.2 Å². The monoisotopic (exact) mass is 468 g/mol. The molecule has 1 heterocycles. The maximum atomic E-state index is 11.8. The number of phenolic OH excluding ortho intramolecular Hbond substituents is 1. The molecule has 1 aliphatic carbocycles. The molecule has 0 aliphatic heterocycles. The standard InChI is InChI=1S/C19H20ClNO3.C5H5N3O/c20-17-11-15(22)6-9-18(17)24-16-7-4-14(5-8-16)12-21-19(23)10-13-2-1-3-13;6-5(9)4-1-7-3-8-2-4/h4-9,11,13,22H,1-3,10,12H2,(H,21,23);1-3H,(H2,6,9). The van der Waals surface area contributed by atoms with Crippen LogP contribution in [-0.4, -0.2) is 26.9 Å². The van der Waals surface area contributed by atoms with Gasteiger partial charge in [-0.3, -0.25) is 9.59 Å². The summed E-state index contributed by atoms with van der Waals surface area (Å²) < 4.78 is 5.69. The Morgan fingerprint density at radius 2 is 1.82 bits per heavy atom. The van der Waals surface area contributed by atoms with Crippen LogP contribution in [0.25, 0.3) is 0 Å². The first kappa shape index (κ1) is 24.0. The quantitative estimate of drug-likeness (QED) is 0.476. The van der Waals surface area contributed by atoms with Crippen molar-refractivity contribution in [2.75, 3.05) is 0 Å². The van der Waals surface area contributed by atoms with Gasteiger partial charge in [-0.2, -0.15) is 0 Å². The van der Waals surface area contributed by atoms with Gasteiger partial charge in [0.25, 0.3) is 5.91 Å². The fraction of sp³-hybridized carbons (Fsp3) is 0.250. The van der Waals surface area contributed by atoms with Crippen LogP contribution < -0.4 is 15.8 Å². The van der Waals surface area contributed by atoms with Crippen LogP contribution in [-0.2, 0) is 11.3 Å². The molecule has 4 N–H and O–H groups in total. The molecule has 9 heteroatoms. The minimum absolute atomic E-state index is 0.0975. The van der Waals surface area contributed by atoms with Gasteiger partial charge < -0.3 is 20.9 Å². The fourth-order valence-electron chi connectivity index (χ4n) is 3.03. The number of ether oxygens (including phenoxy) is 1. The highest BCUT2D eigenvalue weighted by Crippen LogP contribution is 2.32. The molecule has 0 saturated heterocycles. The topological polar surface area (TPSA) is 127 Å². The zero-order valence-electron chi connectivity index (χ0n) is 17.9. The van der Waals surface area contributed by atoms with Crippen LogP contribution in [0.1, 0.15) is 41.6 Å². The summed E-state index contributed by atoms with van der Waals surface area (Å²) in [6.45, 7) is 0.520. The van der Waals surface area contributed by atoms with Crippen molar-refractivity contribution < 1.29 is 19.4 Å². The lowest BCUT2D eigenvalue weighted by atomic mass is 9.83. The molecule has 1 aromatic heterocycles. The van der Waals surface area contributed by atoms with E-state index in [1.165, 1.54) is 50.1 Å². The average Bonchev–Trinajstić information content (AvgIpc) is 2.79. The van der Waals surface area contributed by atoms with Gasteiger partial charge >= 0.3 is 0 Å². The number of hydrogen-bond acceptors (Lipinski definition) is 6. The molecule has 8 nitrogen and oxygen atoms in total. The normalized spacial score (nSPS) is 12.6. The van der Waals surface area contributed by atoms with E-state index in [0.29, 0.717) is 41.0 Å². The van der Waals surface area contributed by atoms with Crippen molar-refractivity contribution in [3.63, 3.8) is 0 Å². The molecule has 1 fully saturated rings. The van der Waals surface area contributed by atoms with Crippen LogP contribution >= 0.6 is 11.6 Å². The Morgan fingerprint density at radius 1 is 1.12 bits per heavy atom. The number of hydrogen-bond donors (Lipinski definition) is 3. The van der Waals surface area contributed by atoms with E-state index in [2.05, 4.69) is 15.3 Å². The van der Waals surface area contributed by atoms with Crippen molar-refractivity contribution in [1.82, 2.24) is 15.3 Å². The predicted octanol–water partition coefficient (Wildman–Crippen LogP) is 4.22. The molecule has 0 unspecified atom stereocenters. The highest BCUT2D eigenvalue weighted by Gasteiger charge is 2.20. The van der Waals surface area contributed by atoms with E-state index in [4.69, 9.17) is 22.1 Å². The van der Waals surface area contributed by atoms with Gasteiger partial charge in [-0.25, -0.2) is 9.97 Å². The van der Waals surface area contributed by atoms with Gasteiger partial charge in [-0.05, 0) is 48.6 Å². The second-order valence-electron chi connectivity index (χ2n) is 7.63. The first-order chi connectivity index (χ1) is 15.9. The first-order valence-electron chi connectivity index (χ1n) is 10.5. The summed E-state index contributed by atoms with van der Waals surface area (Å²) >= 11 is 6.02. The fourth-order valence-corrected chi connectivity index (χ4v) is 3.25. The van der Waals surface area contributed by atoms with Crippen molar-refractivity contribution in [1.29, 1.82) is 0 Å². The maximum absolute atomic E-state index is 11.8. The zero-order chi connectivity index (χ0) is 23.6. The highest BCUT2D eigenvalue weighted by molar-refractivity contribution is 6.32. The molecule has 2 amide bonds. The number of carbonyl (C=O) groups excluding carboxylic acids is 2. The van der Waals surface area contributed by atoms with E-state index in [0.717, 1.165) is 5.56 Å². The third-order valence-corrected chi connectivity index (χ3v) is 5.40. The largest absolute Gasteiger partial charge is 0.508 e. The van der Waals surface area contributed by atoms with Gasteiger partial charge in [0.2, 0.25) is 5.91 Å². The molecule has 3 aromatic rings. The number of halogens is 1. The molecule has 2 aromatic carbocycles. The van der Waals surface area contributed by atoms with E-state index in [1.807, 2.05) is 24.3 Å². The molecule has 4 rings (SSSR count). The van der Waals surface area contributed by atoms with Crippen molar-refractivity contribution in [3.05, 3.63) is 77.3 Å². The van der Waals surface area contributed by atoms with E-state index < -0.39 is 5.91 Å². The van der Waals surface area contributed by atoms with Gasteiger partial charge in [0.05, 0.1) is 10.6 Å². The summed E-state index contributed by atoms with van der Waals surface area (Å²) in [7, 11) is 0. The Labute approximate surface area is 196 Å². The van der Waals surface area contributed by atoms with E-state index in [1.54, 1.807) is 6.07 Å². The number of nitrogens with one attached hydrogen (secondary N) is 1. The number of nitrogens with zero attached hydrogens (tertiary/aromatic N) is 2. The molecule has 0 bridgehead atoms. The number of phenols is 1. The highest BCUT2D eigenvalue weighted by atomic mass is 35.5. The van der Waals surface area contributed by atoms with Gasteiger partial charge in [0, 0.05) is 31.4 Å². The van der Waals surface area contributed by atoms with Gasteiger partial charge in [-0.15, -0.1) is 0 Å². The Hall–Kier alpha value is -3.65. The SMILES string of the molecule is NC(=O)c1cncnc1.O=C(CC1CCC1)NCc1ccc(Oc2ccc(O)cc2Cl)cc1. The number of aromatic hydroxyl groups is 1. The van der Waals surface area contributed by atoms with Crippen molar-refractivity contribution >= 4 is 23.4 Å². The maximum Gasteiger partial charge on any atom is 0.251 e. The predicted molar refractivity (Wildman–Crippen MR) is 124 cm³/mol. The third-order valence-electron chi connectivity index (χ3n) is 5.10. The van der Waals surface area contributed by atoms with E-state index in [-0.39, 0.29) is 11.7 Å². The van der Waals surface area contributed by atoms with Crippen LogP contribution in [0.15, 0.2) is 61.2 Å². The molecule has 33 heavy (non-hydrogen) atoms. The molecule has 0 atom stereocenters. The summed E-state index contributed by atoms with van der Waals surface area (Å²) in [4.78, 5) is 29.4. The molecule has 1 aliphatic rings. The molecule has 0 spiro atoms. The third kappa shape index (κ3) is 7.76. The molecular weight excluding hydrogens is 444 g/mol. The Morgan fingerprint density at radius 3 is 2.36 bits per heavy atom. The van der Waals surface area contributed by atoms with E-state index in [9.17, 15) is 14.7 Å². The average molecular weight is 469 g/mol. The number of primary amides is 1. The zero-order valence-corrected chi connectivity index (χ0v) is 18.7. The lowest BCUT2D eigenvalue weighted by molar-refractivity contribution is -0.122. The number of nitrogens with two attached hydrogens (primary N) is 1. The Balaban J connectivity index is 0.000000286. The second-order valence-corrected chi connectivity index (χ2v) is 8.04. The number of rotatable bonds is 7. The second kappa shape index (κ2) is 11.8. The summed E-state index contributed by atoms with van der Waals surface area (Å²) in [5.41, 5.74) is 6.24.